The largest absolute Gasteiger partial charge is 0.326 e. The Morgan fingerprint density at radius 1 is 1.38 bits per heavy atom. The normalized spacial score (nSPS) is 20.7. The van der Waals surface area contributed by atoms with E-state index in [0.29, 0.717) is 12.1 Å². The minimum atomic E-state index is 0.170. The summed E-state index contributed by atoms with van der Waals surface area (Å²) >= 11 is 3.59. The van der Waals surface area contributed by atoms with Crippen molar-refractivity contribution in [1.82, 2.24) is 9.80 Å². The molecular formula is C17H28BrN3. The van der Waals surface area contributed by atoms with Crippen LogP contribution in [0.4, 0.5) is 0 Å². The first-order valence-electron chi connectivity index (χ1n) is 7.94. The molecule has 3 nitrogen and oxygen atoms in total. The molecule has 1 fully saturated rings. The quantitative estimate of drug-likeness (QED) is 0.881. The highest BCUT2D eigenvalue weighted by molar-refractivity contribution is 9.10. The highest BCUT2D eigenvalue weighted by atomic mass is 79.9. The summed E-state index contributed by atoms with van der Waals surface area (Å²) in [5.74, 6) is 0. The van der Waals surface area contributed by atoms with Crippen LogP contribution in [0.2, 0.25) is 0 Å². The number of hydrogen-bond donors (Lipinski definition) is 1. The fraction of sp³-hybridized carbons (Fsp3) is 0.647. The van der Waals surface area contributed by atoms with Gasteiger partial charge in [0.2, 0.25) is 0 Å². The van der Waals surface area contributed by atoms with E-state index >= 15 is 0 Å². The fourth-order valence-corrected chi connectivity index (χ4v) is 3.74. The molecular weight excluding hydrogens is 326 g/mol. The van der Waals surface area contributed by atoms with Crippen molar-refractivity contribution in [2.24, 2.45) is 5.73 Å². The van der Waals surface area contributed by atoms with Crippen LogP contribution in [0.15, 0.2) is 28.7 Å². The second-order valence-corrected chi connectivity index (χ2v) is 7.19. The van der Waals surface area contributed by atoms with Crippen LogP contribution in [0.3, 0.4) is 0 Å². The van der Waals surface area contributed by atoms with Gasteiger partial charge >= 0.3 is 0 Å². The van der Waals surface area contributed by atoms with Crippen LogP contribution in [0.25, 0.3) is 0 Å². The highest BCUT2D eigenvalue weighted by Crippen LogP contribution is 2.30. The number of rotatable bonds is 5. The highest BCUT2D eigenvalue weighted by Gasteiger charge is 2.30. The molecule has 1 saturated heterocycles. The molecule has 4 heteroatoms. The summed E-state index contributed by atoms with van der Waals surface area (Å²) in [5.41, 5.74) is 7.79. The molecule has 0 aromatic heterocycles. The fourth-order valence-electron chi connectivity index (χ4n) is 3.33. The van der Waals surface area contributed by atoms with Crippen LogP contribution in [-0.4, -0.2) is 49.1 Å². The Bertz CT molecular complexity index is 443. The monoisotopic (exact) mass is 353 g/mol. The van der Waals surface area contributed by atoms with Gasteiger partial charge in [0, 0.05) is 22.6 Å². The summed E-state index contributed by atoms with van der Waals surface area (Å²) in [4.78, 5) is 4.93. The molecule has 1 aliphatic heterocycles. The van der Waals surface area contributed by atoms with Crippen molar-refractivity contribution in [3.05, 3.63) is 34.3 Å². The van der Waals surface area contributed by atoms with Crippen LogP contribution in [0, 0.1) is 0 Å². The van der Waals surface area contributed by atoms with Crippen LogP contribution in [-0.2, 0) is 0 Å². The van der Waals surface area contributed by atoms with Crippen molar-refractivity contribution in [3.63, 3.8) is 0 Å². The van der Waals surface area contributed by atoms with Gasteiger partial charge in [-0.2, -0.15) is 0 Å². The van der Waals surface area contributed by atoms with Crippen molar-refractivity contribution in [2.75, 3.05) is 27.2 Å². The molecule has 2 atom stereocenters. The molecule has 0 spiro atoms. The van der Waals surface area contributed by atoms with Crippen LogP contribution >= 0.6 is 15.9 Å². The van der Waals surface area contributed by atoms with Gasteiger partial charge in [0.1, 0.15) is 0 Å². The smallest absolute Gasteiger partial charge is 0.0499 e. The van der Waals surface area contributed by atoms with Gasteiger partial charge in [-0.3, -0.25) is 4.90 Å². The number of nitrogens with zero attached hydrogens (tertiary/aromatic N) is 2. The minimum absolute atomic E-state index is 0.170. The van der Waals surface area contributed by atoms with E-state index in [0.717, 1.165) is 10.9 Å². The summed E-state index contributed by atoms with van der Waals surface area (Å²) in [6.45, 7) is 4.54. The van der Waals surface area contributed by atoms with Gasteiger partial charge in [0.25, 0.3) is 0 Å². The van der Waals surface area contributed by atoms with Gasteiger partial charge < -0.3 is 10.6 Å². The van der Waals surface area contributed by atoms with Crippen molar-refractivity contribution >= 4 is 15.9 Å². The van der Waals surface area contributed by atoms with E-state index in [1.54, 1.807) is 0 Å². The van der Waals surface area contributed by atoms with E-state index in [9.17, 15) is 0 Å². The first-order valence-corrected chi connectivity index (χ1v) is 8.73. The Balaban J connectivity index is 2.19. The second-order valence-electron chi connectivity index (χ2n) is 6.27. The van der Waals surface area contributed by atoms with E-state index in [1.165, 1.54) is 31.5 Å². The molecule has 0 amide bonds. The molecule has 2 N–H and O–H groups in total. The lowest BCUT2D eigenvalue weighted by atomic mass is 9.93. The summed E-state index contributed by atoms with van der Waals surface area (Å²) in [5, 5.41) is 0. The Labute approximate surface area is 137 Å². The number of likely N-dealkylation sites (N-methyl/N-ethyl adjacent to an activating group) is 1. The zero-order valence-electron chi connectivity index (χ0n) is 13.4. The predicted molar refractivity (Wildman–Crippen MR) is 93.4 cm³/mol. The first kappa shape index (κ1) is 16.9. The Morgan fingerprint density at radius 3 is 2.62 bits per heavy atom. The Morgan fingerprint density at radius 2 is 2.05 bits per heavy atom. The van der Waals surface area contributed by atoms with Gasteiger partial charge in [-0.25, -0.2) is 0 Å². The van der Waals surface area contributed by atoms with Gasteiger partial charge in [-0.15, -0.1) is 0 Å². The summed E-state index contributed by atoms with van der Waals surface area (Å²) < 4.78 is 1.13. The third-order valence-corrected chi connectivity index (χ3v) is 5.26. The van der Waals surface area contributed by atoms with E-state index in [1.807, 2.05) is 0 Å². The van der Waals surface area contributed by atoms with E-state index in [2.05, 4.69) is 71.0 Å². The summed E-state index contributed by atoms with van der Waals surface area (Å²) in [6, 6.07) is 9.69. The lowest BCUT2D eigenvalue weighted by molar-refractivity contribution is 0.0935. The van der Waals surface area contributed by atoms with Crippen molar-refractivity contribution in [3.8, 4) is 0 Å². The minimum Gasteiger partial charge on any atom is -0.326 e. The third kappa shape index (κ3) is 4.28. The van der Waals surface area contributed by atoms with Gasteiger partial charge in [-0.05, 0) is 64.1 Å². The molecule has 1 aromatic carbocycles. The van der Waals surface area contributed by atoms with Crippen LogP contribution in [0.1, 0.15) is 37.8 Å². The van der Waals surface area contributed by atoms with Crippen molar-refractivity contribution < 1.29 is 0 Å². The molecule has 1 aliphatic rings. The Kier molecular flexibility index (Phi) is 6.23. The predicted octanol–water partition coefficient (Wildman–Crippen LogP) is 3.25. The molecule has 0 aliphatic carbocycles. The second kappa shape index (κ2) is 7.73. The molecule has 0 radical (unpaired) electrons. The van der Waals surface area contributed by atoms with Gasteiger partial charge in [-0.1, -0.05) is 35.0 Å². The molecule has 0 bridgehead atoms. The van der Waals surface area contributed by atoms with Crippen LogP contribution < -0.4 is 5.73 Å². The molecule has 118 valence electrons. The van der Waals surface area contributed by atoms with Gasteiger partial charge in [0.15, 0.2) is 0 Å². The van der Waals surface area contributed by atoms with Crippen molar-refractivity contribution in [1.29, 1.82) is 0 Å². The molecule has 1 heterocycles. The summed E-state index contributed by atoms with van der Waals surface area (Å²) in [7, 11) is 4.46. The molecule has 21 heavy (non-hydrogen) atoms. The number of nitrogens with two attached hydrogens (primary N) is 1. The Hall–Kier alpha value is -0.420. The maximum atomic E-state index is 6.47. The first-order chi connectivity index (χ1) is 10.0. The maximum Gasteiger partial charge on any atom is 0.0499 e. The number of piperidine rings is 1. The third-order valence-electron chi connectivity index (χ3n) is 4.77. The number of hydrogen-bond acceptors (Lipinski definition) is 3. The van der Waals surface area contributed by atoms with E-state index < -0.39 is 0 Å². The van der Waals surface area contributed by atoms with E-state index in [-0.39, 0.29) is 6.04 Å². The SMILES string of the molecule is CCC(N)C(c1cccc(Br)c1)N(C)C1CCN(C)CC1. The summed E-state index contributed by atoms with van der Waals surface area (Å²) in [6.07, 6.45) is 3.45. The zero-order valence-corrected chi connectivity index (χ0v) is 15.0. The lowest BCUT2D eigenvalue weighted by Crippen LogP contribution is -2.48. The molecule has 2 unspecified atom stereocenters. The zero-order chi connectivity index (χ0) is 15.4. The molecule has 2 rings (SSSR count). The average molecular weight is 354 g/mol. The number of likely N-dealkylation sites (tertiary alicyclic amines) is 1. The topological polar surface area (TPSA) is 32.5 Å². The number of halogens is 1. The molecule has 0 saturated carbocycles. The van der Waals surface area contributed by atoms with Crippen molar-refractivity contribution in [2.45, 2.75) is 44.3 Å². The van der Waals surface area contributed by atoms with Gasteiger partial charge in [0.05, 0.1) is 0 Å². The lowest BCUT2D eigenvalue weighted by Gasteiger charge is -2.41. The number of benzene rings is 1. The van der Waals surface area contributed by atoms with E-state index in [4.69, 9.17) is 5.73 Å². The standard InChI is InChI=1S/C17H28BrN3/c1-4-16(19)17(13-6-5-7-14(18)12-13)21(3)15-8-10-20(2)11-9-15/h5-7,12,15-17H,4,8-11,19H2,1-3H3. The maximum absolute atomic E-state index is 6.47. The molecule has 1 aromatic rings. The van der Waals surface area contributed by atoms with Crippen LogP contribution in [0.5, 0.6) is 0 Å². The average Bonchev–Trinajstić information content (AvgIpc) is 2.48.